The number of carboxylic acids is 1. The summed E-state index contributed by atoms with van der Waals surface area (Å²) in [4.78, 5) is 36.8. The van der Waals surface area contributed by atoms with Gasteiger partial charge in [-0.1, -0.05) is 47.7 Å². The molecular formula is C14H9ClN2O4S2. The third kappa shape index (κ3) is 2.73. The molecule has 3 rings (SSSR count). The van der Waals surface area contributed by atoms with Crippen LogP contribution in [0.1, 0.15) is 12.0 Å². The summed E-state index contributed by atoms with van der Waals surface area (Å²) in [6.45, 7) is -0.0270. The van der Waals surface area contributed by atoms with E-state index in [9.17, 15) is 14.4 Å². The number of amides is 2. The maximum Gasteiger partial charge on any atom is 0.305 e. The molecule has 0 aromatic heterocycles. The van der Waals surface area contributed by atoms with Gasteiger partial charge in [0.2, 0.25) is 0 Å². The Kier molecular flexibility index (Phi) is 4.13. The Morgan fingerprint density at radius 3 is 2.83 bits per heavy atom. The van der Waals surface area contributed by atoms with E-state index in [0.717, 1.165) is 11.8 Å². The monoisotopic (exact) mass is 368 g/mol. The molecule has 9 heteroatoms. The summed E-state index contributed by atoms with van der Waals surface area (Å²) in [5.74, 6) is -1.91. The number of thiocarbonyl (C=S) groups is 1. The summed E-state index contributed by atoms with van der Waals surface area (Å²) >= 11 is 12.2. The smallest absolute Gasteiger partial charge is 0.305 e. The molecule has 118 valence electrons. The number of rotatable bonds is 3. The van der Waals surface area contributed by atoms with Gasteiger partial charge < -0.3 is 10.4 Å². The molecule has 1 aromatic rings. The number of halogens is 1. The van der Waals surface area contributed by atoms with Gasteiger partial charge >= 0.3 is 5.97 Å². The van der Waals surface area contributed by atoms with Crippen LogP contribution in [0.15, 0.2) is 23.1 Å². The van der Waals surface area contributed by atoms with Crippen LogP contribution in [0, 0.1) is 0 Å². The van der Waals surface area contributed by atoms with Gasteiger partial charge in [-0.05, 0) is 6.07 Å². The number of aliphatic carboxylic acids is 1. The minimum absolute atomic E-state index is 0.0270. The number of carboxylic acid groups (broad SMARTS) is 1. The third-order valence-electron chi connectivity index (χ3n) is 3.37. The fourth-order valence-corrected chi connectivity index (χ4v) is 3.94. The number of carbonyl (C=O) groups excluding carboxylic acids is 2. The predicted molar refractivity (Wildman–Crippen MR) is 91.2 cm³/mol. The van der Waals surface area contributed by atoms with Crippen molar-refractivity contribution >= 4 is 68.9 Å². The maximum atomic E-state index is 12.5. The highest BCUT2D eigenvalue weighted by Gasteiger charge is 2.39. The third-order valence-corrected chi connectivity index (χ3v) is 5.14. The first-order chi connectivity index (χ1) is 10.9. The summed E-state index contributed by atoms with van der Waals surface area (Å²) in [7, 11) is 0. The summed E-state index contributed by atoms with van der Waals surface area (Å²) in [6.07, 6.45) is -0.219. The minimum atomic E-state index is -1.03. The van der Waals surface area contributed by atoms with Gasteiger partial charge in [-0.25, -0.2) is 0 Å². The molecule has 2 heterocycles. The second-order valence-electron chi connectivity index (χ2n) is 4.79. The molecule has 0 aliphatic carbocycles. The van der Waals surface area contributed by atoms with Gasteiger partial charge in [0.25, 0.3) is 11.8 Å². The van der Waals surface area contributed by atoms with Crippen LogP contribution in [0.25, 0.3) is 5.57 Å². The van der Waals surface area contributed by atoms with E-state index < -0.39 is 17.8 Å². The molecular weight excluding hydrogens is 360 g/mol. The van der Waals surface area contributed by atoms with Crippen LogP contribution < -0.4 is 5.32 Å². The summed E-state index contributed by atoms with van der Waals surface area (Å²) in [6, 6.07) is 5.02. The van der Waals surface area contributed by atoms with Crippen molar-refractivity contribution in [3.8, 4) is 0 Å². The lowest BCUT2D eigenvalue weighted by Gasteiger charge is -2.12. The summed E-state index contributed by atoms with van der Waals surface area (Å²) < 4.78 is 0.238. The number of nitrogens with one attached hydrogen (secondary N) is 1. The molecule has 0 spiro atoms. The maximum absolute atomic E-state index is 12.5. The molecule has 1 fully saturated rings. The Morgan fingerprint density at radius 2 is 2.13 bits per heavy atom. The molecule has 0 unspecified atom stereocenters. The van der Waals surface area contributed by atoms with Crippen molar-refractivity contribution in [1.29, 1.82) is 0 Å². The van der Waals surface area contributed by atoms with Gasteiger partial charge in [0.15, 0.2) is 0 Å². The summed E-state index contributed by atoms with van der Waals surface area (Å²) in [5, 5.41) is 11.8. The van der Waals surface area contributed by atoms with Crippen molar-refractivity contribution in [2.24, 2.45) is 0 Å². The van der Waals surface area contributed by atoms with E-state index in [2.05, 4.69) is 5.32 Å². The second kappa shape index (κ2) is 5.95. The van der Waals surface area contributed by atoms with Crippen LogP contribution in [-0.4, -0.2) is 38.7 Å². The molecule has 0 bridgehead atoms. The molecule has 0 radical (unpaired) electrons. The van der Waals surface area contributed by atoms with Gasteiger partial charge in [-0.2, -0.15) is 0 Å². The van der Waals surface area contributed by atoms with Crippen LogP contribution in [-0.2, 0) is 14.4 Å². The van der Waals surface area contributed by atoms with E-state index in [1.165, 1.54) is 4.90 Å². The Bertz CT molecular complexity index is 806. The Balaban J connectivity index is 2.02. The fraction of sp³-hybridized carbons (Fsp3) is 0.143. The van der Waals surface area contributed by atoms with E-state index in [0.29, 0.717) is 16.3 Å². The van der Waals surface area contributed by atoms with Gasteiger partial charge in [0, 0.05) is 12.1 Å². The van der Waals surface area contributed by atoms with E-state index in [1.807, 2.05) is 0 Å². The number of anilines is 1. The fourth-order valence-electron chi connectivity index (χ4n) is 2.33. The van der Waals surface area contributed by atoms with Crippen molar-refractivity contribution in [2.75, 3.05) is 11.9 Å². The van der Waals surface area contributed by atoms with Crippen LogP contribution in [0.5, 0.6) is 0 Å². The first-order valence-electron chi connectivity index (χ1n) is 6.50. The zero-order chi connectivity index (χ0) is 16.7. The molecule has 1 saturated heterocycles. The van der Waals surface area contributed by atoms with Crippen LogP contribution in [0.4, 0.5) is 5.69 Å². The van der Waals surface area contributed by atoms with E-state index in [1.54, 1.807) is 18.2 Å². The number of fused-ring (bicyclic) bond motifs is 1. The number of benzene rings is 1. The van der Waals surface area contributed by atoms with E-state index in [-0.39, 0.29) is 27.8 Å². The topological polar surface area (TPSA) is 86.7 Å². The average molecular weight is 369 g/mol. The molecule has 0 saturated carbocycles. The van der Waals surface area contributed by atoms with Crippen LogP contribution in [0.3, 0.4) is 0 Å². The summed E-state index contributed by atoms with van der Waals surface area (Å²) in [5.41, 5.74) is 1.23. The molecule has 2 N–H and O–H groups in total. The van der Waals surface area contributed by atoms with Crippen molar-refractivity contribution < 1.29 is 19.5 Å². The molecule has 1 aromatic carbocycles. The lowest BCUT2D eigenvalue weighted by molar-refractivity contribution is -0.137. The lowest BCUT2D eigenvalue weighted by atomic mass is 10.1. The number of hydrogen-bond acceptors (Lipinski definition) is 5. The Morgan fingerprint density at radius 1 is 1.39 bits per heavy atom. The molecule has 23 heavy (non-hydrogen) atoms. The number of thioether (sulfide) groups is 1. The normalized spacial score (nSPS) is 20.0. The average Bonchev–Trinajstić information content (AvgIpc) is 2.95. The van der Waals surface area contributed by atoms with Gasteiger partial charge in [-0.3, -0.25) is 19.3 Å². The standard InChI is InChI=1S/C14H9ClN2O4S2/c15-7-3-1-2-6-9(12(20)16-10(6)7)11-13(21)17(14(22)23-11)5-4-8(18)19/h1-3H,4-5H2,(H,16,20)(H,18,19)/b11-9+. The van der Waals surface area contributed by atoms with Gasteiger partial charge in [-0.15, -0.1) is 0 Å². The predicted octanol–water partition coefficient (Wildman–Crippen LogP) is 2.34. The highest BCUT2D eigenvalue weighted by atomic mass is 35.5. The highest BCUT2D eigenvalue weighted by Crippen LogP contribution is 2.44. The minimum Gasteiger partial charge on any atom is -0.481 e. The van der Waals surface area contributed by atoms with Crippen molar-refractivity contribution in [1.82, 2.24) is 4.90 Å². The number of nitrogens with zero attached hydrogens (tertiary/aromatic N) is 1. The molecule has 2 aliphatic heterocycles. The molecule has 6 nitrogen and oxygen atoms in total. The first-order valence-corrected chi connectivity index (χ1v) is 8.10. The Hall–Kier alpha value is -1.90. The van der Waals surface area contributed by atoms with E-state index >= 15 is 0 Å². The second-order valence-corrected chi connectivity index (χ2v) is 6.84. The first kappa shape index (κ1) is 16.0. The van der Waals surface area contributed by atoms with Crippen LogP contribution >= 0.6 is 35.6 Å². The highest BCUT2D eigenvalue weighted by molar-refractivity contribution is 8.26. The SMILES string of the molecule is O=C(O)CCN1C(=O)/C(=C2\C(=O)Nc3c(Cl)cccc32)SC1=S. The number of carbonyl (C=O) groups is 3. The van der Waals surface area contributed by atoms with Gasteiger partial charge in [0.1, 0.15) is 4.32 Å². The van der Waals surface area contributed by atoms with Gasteiger partial charge in [0.05, 0.1) is 27.6 Å². The number of para-hydroxylation sites is 1. The van der Waals surface area contributed by atoms with Crippen LogP contribution in [0.2, 0.25) is 5.02 Å². The largest absolute Gasteiger partial charge is 0.481 e. The molecule has 0 atom stereocenters. The van der Waals surface area contributed by atoms with E-state index in [4.69, 9.17) is 28.9 Å². The zero-order valence-corrected chi connectivity index (χ0v) is 13.8. The quantitative estimate of drug-likeness (QED) is 0.629. The Labute approximate surface area is 145 Å². The van der Waals surface area contributed by atoms with Crippen molar-refractivity contribution in [3.63, 3.8) is 0 Å². The number of hydrogen-bond donors (Lipinski definition) is 2. The van der Waals surface area contributed by atoms with Crippen molar-refractivity contribution in [2.45, 2.75) is 6.42 Å². The van der Waals surface area contributed by atoms with Crippen molar-refractivity contribution in [3.05, 3.63) is 33.7 Å². The lowest BCUT2D eigenvalue weighted by Crippen LogP contribution is -2.30. The molecule has 2 aliphatic rings. The zero-order valence-electron chi connectivity index (χ0n) is 11.5. The molecule has 2 amide bonds.